The Morgan fingerprint density at radius 3 is 2.59 bits per heavy atom. The van der Waals surface area contributed by atoms with Crippen LogP contribution in [0.25, 0.3) is 21.7 Å². The van der Waals surface area contributed by atoms with Gasteiger partial charge in [-0.2, -0.15) is 0 Å². The average molecular weight is 360 g/mol. The summed E-state index contributed by atoms with van der Waals surface area (Å²) >= 11 is 3.29. The highest BCUT2D eigenvalue weighted by Gasteiger charge is 2.09. The molecule has 0 radical (unpaired) electrons. The Kier molecular flexibility index (Phi) is 3.74. The molecule has 5 heteroatoms. The van der Waals surface area contributed by atoms with Gasteiger partial charge in [-0.3, -0.25) is 4.79 Å². The van der Waals surface area contributed by atoms with Crippen molar-refractivity contribution in [1.82, 2.24) is 0 Å². The molecule has 1 aromatic heterocycles. The van der Waals surface area contributed by atoms with Gasteiger partial charge in [0.05, 0.1) is 0 Å². The van der Waals surface area contributed by atoms with Gasteiger partial charge in [-0.05, 0) is 41.1 Å². The molecular weight excluding hydrogens is 346 g/mol. The van der Waals surface area contributed by atoms with Crippen LogP contribution in [0, 0.1) is 0 Å². The molecule has 0 fully saturated rings. The van der Waals surface area contributed by atoms with Gasteiger partial charge in [0.2, 0.25) is 5.91 Å². The summed E-state index contributed by atoms with van der Waals surface area (Å²) in [5.41, 5.74) is 1.61. The fourth-order valence-corrected chi connectivity index (χ4v) is 2.77. The van der Waals surface area contributed by atoms with Gasteiger partial charge in [-0.15, -0.1) is 0 Å². The number of fused-ring (bicyclic) bond motifs is 2. The number of carbonyl (C=O) groups excluding carboxylic acids is 1. The number of benzene rings is 2. The molecular formula is C17H14BrNO3. The number of anilines is 1. The SMILES string of the molecule is CC(=O)N(C)c1ccc2cc3cc(CBr)c(=O)oc3cc2c1. The van der Waals surface area contributed by atoms with E-state index in [1.807, 2.05) is 36.4 Å². The Bertz CT molecular complexity index is 946. The van der Waals surface area contributed by atoms with E-state index in [4.69, 9.17) is 4.42 Å². The van der Waals surface area contributed by atoms with Crippen LogP contribution < -0.4 is 10.5 Å². The molecule has 2 aromatic carbocycles. The van der Waals surface area contributed by atoms with Gasteiger partial charge in [0.25, 0.3) is 0 Å². The molecule has 0 unspecified atom stereocenters. The third kappa shape index (κ3) is 2.52. The molecule has 0 bridgehead atoms. The summed E-state index contributed by atoms with van der Waals surface area (Å²) in [4.78, 5) is 24.9. The Morgan fingerprint density at radius 1 is 1.14 bits per heavy atom. The largest absolute Gasteiger partial charge is 0.422 e. The van der Waals surface area contributed by atoms with Crippen molar-refractivity contribution in [1.29, 1.82) is 0 Å². The van der Waals surface area contributed by atoms with Gasteiger partial charge in [0.15, 0.2) is 0 Å². The summed E-state index contributed by atoms with van der Waals surface area (Å²) in [7, 11) is 1.73. The van der Waals surface area contributed by atoms with E-state index >= 15 is 0 Å². The number of amides is 1. The molecule has 0 aliphatic heterocycles. The Morgan fingerprint density at radius 2 is 1.91 bits per heavy atom. The van der Waals surface area contributed by atoms with Gasteiger partial charge in [0, 0.05) is 35.9 Å². The quantitative estimate of drug-likeness (QED) is 0.397. The fourth-order valence-electron chi connectivity index (χ4n) is 2.38. The molecule has 0 atom stereocenters. The number of hydrogen-bond donors (Lipinski definition) is 0. The zero-order valence-electron chi connectivity index (χ0n) is 12.2. The number of halogens is 1. The Balaban J connectivity index is 2.23. The van der Waals surface area contributed by atoms with Crippen LogP contribution in [0.4, 0.5) is 5.69 Å². The number of rotatable bonds is 2. The molecule has 4 nitrogen and oxygen atoms in total. The maximum Gasteiger partial charge on any atom is 0.340 e. The minimum atomic E-state index is -0.333. The second-order valence-electron chi connectivity index (χ2n) is 5.19. The van der Waals surface area contributed by atoms with E-state index < -0.39 is 0 Å². The van der Waals surface area contributed by atoms with Crippen LogP contribution in [0.2, 0.25) is 0 Å². The van der Waals surface area contributed by atoms with Crippen LogP contribution in [0.5, 0.6) is 0 Å². The molecule has 0 saturated heterocycles. The summed E-state index contributed by atoms with van der Waals surface area (Å²) in [5, 5.41) is 3.30. The highest BCUT2D eigenvalue weighted by molar-refractivity contribution is 9.08. The zero-order chi connectivity index (χ0) is 15.9. The van der Waals surface area contributed by atoms with Crippen molar-refractivity contribution in [2.45, 2.75) is 12.3 Å². The summed E-state index contributed by atoms with van der Waals surface area (Å²) in [5.74, 6) is -0.0337. The van der Waals surface area contributed by atoms with Crippen molar-refractivity contribution in [3.63, 3.8) is 0 Å². The van der Waals surface area contributed by atoms with E-state index in [0.717, 1.165) is 21.8 Å². The summed E-state index contributed by atoms with van der Waals surface area (Å²) in [6.07, 6.45) is 0. The van der Waals surface area contributed by atoms with E-state index in [2.05, 4.69) is 15.9 Å². The van der Waals surface area contributed by atoms with Gasteiger partial charge in [-0.25, -0.2) is 4.79 Å². The van der Waals surface area contributed by atoms with Crippen LogP contribution in [0.1, 0.15) is 12.5 Å². The van der Waals surface area contributed by atoms with Crippen LogP contribution in [0.3, 0.4) is 0 Å². The molecule has 0 saturated carbocycles. The minimum Gasteiger partial charge on any atom is -0.422 e. The van der Waals surface area contributed by atoms with E-state index in [-0.39, 0.29) is 11.5 Å². The highest BCUT2D eigenvalue weighted by Crippen LogP contribution is 2.26. The minimum absolute atomic E-state index is 0.0337. The predicted molar refractivity (Wildman–Crippen MR) is 91.7 cm³/mol. The zero-order valence-corrected chi connectivity index (χ0v) is 13.8. The van der Waals surface area contributed by atoms with Gasteiger partial charge < -0.3 is 9.32 Å². The maximum absolute atomic E-state index is 11.8. The lowest BCUT2D eigenvalue weighted by atomic mass is 10.1. The van der Waals surface area contributed by atoms with Crippen molar-refractivity contribution in [3.05, 3.63) is 52.4 Å². The molecule has 1 heterocycles. The van der Waals surface area contributed by atoms with Crippen molar-refractivity contribution in [3.8, 4) is 0 Å². The van der Waals surface area contributed by atoms with Gasteiger partial charge >= 0.3 is 5.63 Å². The fraction of sp³-hybridized carbons (Fsp3) is 0.176. The molecule has 3 aromatic rings. The van der Waals surface area contributed by atoms with Crippen LogP contribution in [-0.4, -0.2) is 13.0 Å². The number of hydrogen-bond acceptors (Lipinski definition) is 3. The van der Waals surface area contributed by atoms with Crippen LogP contribution in [-0.2, 0) is 10.1 Å². The molecule has 3 rings (SSSR count). The Hall–Kier alpha value is -2.14. The lowest BCUT2D eigenvalue weighted by Gasteiger charge is -2.15. The lowest BCUT2D eigenvalue weighted by Crippen LogP contribution is -2.22. The van der Waals surface area contributed by atoms with Crippen LogP contribution in [0.15, 0.2) is 45.6 Å². The van der Waals surface area contributed by atoms with Gasteiger partial charge in [0.1, 0.15) is 5.58 Å². The van der Waals surface area contributed by atoms with Crippen molar-refractivity contribution < 1.29 is 9.21 Å². The molecule has 1 amide bonds. The number of alkyl halides is 1. The first-order valence-electron chi connectivity index (χ1n) is 6.80. The molecule has 112 valence electrons. The topological polar surface area (TPSA) is 50.5 Å². The van der Waals surface area contributed by atoms with Crippen molar-refractivity contribution >= 4 is 49.3 Å². The first-order valence-corrected chi connectivity index (χ1v) is 7.92. The molecule has 0 aliphatic rings. The first-order chi connectivity index (χ1) is 10.5. The summed E-state index contributed by atoms with van der Waals surface area (Å²) in [6.45, 7) is 1.52. The average Bonchev–Trinajstić information content (AvgIpc) is 2.51. The molecule has 22 heavy (non-hydrogen) atoms. The second kappa shape index (κ2) is 5.57. The van der Waals surface area contributed by atoms with E-state index in [1.54, 1.807) is 11.9 Å². The van der Waals surface area contributed by atoms with E-state index in [1.165, 1.54) is 6.92 Å². The smallest absolute Gasteiger partial charge is 0.340 e. The van der Waals surface area contributed by atoms with E-state index in [9.17, 15) is 9.59 Å². The second-order valence-corrected chi connectivity index (χ2v) is 5.75. The molecule has 0 spiro atoms. The standard InChI is InChI=1S/C17H14BrNO3/c1-10(20)19(2)15-4-3-11-5-13-6-14(9-18)17(21)22-16(13)8-12(11)7-15/h3-8H,9H2,1-2H3. The third-order valence-corrected chi connectivity index (χ3v) is 4.35. The van der Waals surface area contributed by atoms with Crippen molar-refractivity contribution in [2.75, 3.05) is 11.9 Å². The lowest BCUT2D eigenvalue weighted by molar-refractivity contribution is -0.116. The molecule has 0 N–H and O–H groups in total. The van der Waals surface area contributed by atoms with Crippen LogP contribution >= 0.6 is 15.9 Å². The Labute approximate surface area is 135 Å². The highest BCUT2D eigenvalue weighted by atomic mass is 79.9. The number of carbonyl (C=O) groups is 1. The van der Waals surface area contributed by atoms with Crippen molar-refractivity contribution in [2.24, 2.45) is 0 Å². The number of nitrogens with zero attached hydrogens (tertiary/aromatic N) is 1. The van der Waals surface area contributed by atoms with Gasteiger partial charge in [-0.1, -0.05) is 22.0 Å². The normalized spacial score (nSPS) is 11.0. The third-order valence-electron chi connectivity index (χ3n) is 3.75. The monoisotopic (exact) mass is 359 g/mol. The first kappa shape index (κ1) is 14.8. The molecule has 0 aliphatic carbocycles. The summed E-state index contributed by atoms with van der Waals surface area (Å²) < 4.78 is 5.37. The maximum atomic E-state index is 11.8. The summed E-state index contributed by atoms with van der Waals surface area (Å²) in [6, 6.07) is 11.4. The predicted octanol–water partition coefficient (Wildman–Crippen LogP) is 3.82. The van der Waals surface area contributed by atoms with E-state index in [0.29, 0.717) is 16.5 Å².